The van der Waals surface area contributed by atoms with Crippen molar-refractivity contribution in [3.8, 4) is 0 Å². The van der Waals surface area contributed by atoms with Crippen LogP contribution < -0.4 is 10.6 Å². The van der Waals surface area contributed by atoms with Crippen LogP contribution in [-0.4, -0.2) is 39.7 Å². The van der Waals surface area contributed by atoms with Gasteiger partial charge in [0.25, 0.3) is 0 Å². The average Bonchev–Trinajstić information content (AvgIpc) is 3.09. The number of amides is 1. The molecule has 1 aliphatic rings. The van der Waals surface area contributed by atoms with Crippen molar-refractivity contribution < 1.29 is 4.79 Å². The minimum absolute atomic E-state index is 0.0413. The number of benzene rings is 1. The van der Waals surface area contributed by atoms with E-state index in [-0.39, 0.29) is 11.9 Å². The van der Waals surface area contributed by atoms with Gasteiger partial charge in [-0.2, -0.15) is 0 Å². The van der Waals surface area contributed by atoms with Crippen LogP contribution in [-0.2, 0) is 18.3 Å². The van der Waals surface area contributed by atoms with Crippen LogP contribution in [0.1, 0.15) is 5.82 Å². The Morgan fingerprint density at radius 3 is 3.15 bits per heavy atom. The largest absolute Gasteiger partial charge is 0.354 e. The van der Waals surface area contributed by atoms with Gasteiger partial charge in [0.05, 0.1) is 17.1 Å². The van der Waals surface area contributed by atoms with Crippen molar-refractivity contribution in [1.29, 1.82) is 0 Å². The molecule has 2 aromatic rings. The van der Waals surface area contributed by atoms with Crippen LogP contribution in [0, 0.1) is 0 Å². The third-order valence-corrected chi connectivity index (χ3v) is 4.50. The molecule has 2 N–H and O–H groups in total. The molecule has 1 fully saturated rings. The number of hydrogen-bond donors (Lipinski definition) is 2. The molecule has 1 aromatic heterocycles. The molecule has 1 amide bonds. The molecule has 5 nitrogen and oxygen atoms in total. The third-order valence-electron chi connectivity index (χ3n) is 3.56. The van der Waals surface area contributed by atoms with Crippen molar-refractivity contribution in [2.75, 3.05) is 18.2 Å². The molecule has 1 atom stereocenters. The highest BCUT2D eigenvalue weighted by atomic mass is 32.2. The zero-order chi connectivity index (χ0) is 13.9. The standard InChI is InChI=1S/C14H18N4OS/c1-18-12-5-3-2-4-10(12)17-13(18)6-7-15-14(19)11-8-20-9-16-11/h2-5,11,16H,6-9H2,1H3,(H,15,19). The molecule has 106 valence electrons. The SMILES string of the molecule is Cn1c(CCNC(=O)C2CSCN2)nc2ccccc21. The summed E-state index contributed by atoms with van der Waals surface area (Å²) in [7, 11) is 2.02. The van der Waals surface area contributed by atoms with Gasteiger partial charge in [-0.25, -0.2) is 4.98 Å². The molecule has 0 spiro atoms. The fraction of sp³-hybridized carbons (Fsp3) is 0.429. The van der Waals surface area contributed by atoms with E-state index in [1.807, 2.05) is 25.2 Å². The van der Waals surface area contributed by atoms with Gasteiger partial charge in [-0.15, -0.1) is 11.8 Å². The van der Waals surface area contributed by atoms with Gasteiger partial charge in [-0.3, -0.25) is 10.1 Å². The Balaban J connectivity index is 1.59. The second-order valence-electron chi connectivity index (χ2n) is 4.89. The first-order valence-corrected chi connectivity index (χ1v) is 7.90. The predicted molar refractivity (Wildman–Crippen MR) is 81.7 cm³/mol. The highest BCUT2D eigenvalue weighted by Crippen LogP contribution is 2.14. The van der Waals surface area contributed by atoms with E-state index in [0.29, 0.717) is 6.54 Å². The Morgan fingerprint density at radius 1 is 1.55 bits per heavy atom. The number of carbonyl (C=O) groups is 1. The molecule has 6 heteroatoms. The van der Waals surface area contributed by atoms with E-state index in [0.717, 1.165) is 34.9 Å². The maximum absolute atomic E-state index is 11.9. The molecule has 1 unspecified atom stereocenters. The van der Waals surface area contributed by atoms with E-state index < -0.39 is 0 Å². The van der Waals surface area contributed by atoms with Crippen molar-refractivity contribution in [1.82, 2.24) is 20.2 Å². The number of nitrogens with zero attached hydrogens (tertiary/aromatic N) is 2. The van der Waals surface area contributed by atoms with E-state index in [1.165, 1.54) is 0 Å². The smallest absolute Gasteiger partial charge is 0.238 e. The maximum Gasteiger partial charge on any atom is 0.238 e. The Labute approximate surface area is 122 Å². The number of carbonyl (C=O) groups excluding carboxylic acids is 1. The molecule has 1 saturated heterocycles. The fourth-order valence-corrected chi connectivity index (χ4v) is 3.35. The lowest BCUT2D eigenvalue weighted by Crippen LogP contribution is -2.42. The van der Waals surface area contributed by atoms with Gasteiger partial charge in [-0.05, 0) is 12.1 Å². The lowest BCUT2D eigenvalue weighted by molar-refractivity contribution is -0.122. The number of aromatic nitrogens is 2. The zero-order valence-corrected chi connectivity index (χ0v) is 12.2. The summed E-state index contributed by atoms with van der Waals surface area (Å²) in [6.07, 6.45) is 0.747. The summed E-state index contributed by atoms with van der Waals surface area (Å²) in [4.78, 5) is 16.5. The van der Waals surface area contributed by atoms with Crippen LogP contribution in [0.15, 0.2) is 24.3 Å². The molecule has 0 aliphatic carbocycles. The molecule has 1 aliphatic heterocycles. The highest BCUT2D eigenvalue weighted by molar-refractivity contribution is 7.99. The highest BCUT2D eigenvalue weighted by Gasteiger charge is 2.21. The number of fused-ring (bicyclic) bond motifs is 1. The number of aryl methyl sites for hydroxylation is 1. The summed E-state index contributed by atoms with van der Waals surface area (Å²) in [5.74, 6) is 2.81. The molecule has 0 saturated carbocycles. The topological polar surface area (TPSA) is 59.0 Å². The zero-order valence-electron chi connectivity index (χ0n) is 11.4. The van der Waals surface area contributed by atoms with Gasteiger partial charge in [-0.1, -0.05) is 12.1 Å². The Kier molecular flexibility index (Phi) is 3.93. The second kappa shape index (κ2) is 5.85. The summed E-state index contributed by atoms with van der Waals surface area (Å²) in [5.41, 5.74) is 2.13. The van der Waals surface area contributed by atoms with Gasteiger partial charge in [0, 0.05) is 31.6 Å². The van der Waals surface area contributed by atoms with Crippen molar-refractivity contribution in [3.05, 3.63) is 30.1 Å². The fourth-order valence-electron chi connectivity index (χ4n) is 2.40. The van der Waals surface area contributed by atoms with Crippen molar-refractivity contribution in [3.63, 3.8) is 0 Å². The first-order chi connectivity index (χ1) is 9.75. The number of nitrogens with one attached hydrogen (secondary N) is 2. The predicted octanol–water partition coefficient (Wildman–Crippen LogP) is 0.894. The lowest BCUT2D eigenvalue weighted by Gasteiger charge is -2.10. The first kappa shape index (κ1) is 13.5. The Morgan fingerprint density at radius 2 is 2.40 bits per heavy atom. The monoisotopic (exact) mass is 290 g/mol. The maximum atomic E-state index is 11.9. The molecule has 3 rings (SSSR count). The second-order valence-corrected chi connectivity index (χ2v) is 5.92. The molecular weight excluding hydrogens is 272 g/mol. The molecule has 0 bridgehead atoms. The molecule has 2 heterocycles. The summed E-state index contributed by atoms with van der Waals surface area (Å²) in [6, 6.07) is 8.03. The van der Waals surface area contributed by atoms with Gasteiger partial charge in [0.1, 0.15) is 5.82 Å². The van der Waals surface area contributed by atoms with Crippen LogP contribution in [0.4, 0.5) is 0 Å². The van der Waals surface area contributed by atoms with Crippen LogP contribution in [0.25, 0.3) is 11.0 Å². The Hall–Kier alpha value is -1.53. The summed E-state index contributed by atoms with van der Waals surface area (Å²) < 4.78 is 2.09. The van der Waals surface area contributed by atoms with Crippen molar-refractivity contribution in [2.24, 2.45) is 7.05 Å². The van der Waals surface area contributed by atoms with Gasteiger partial charge >= 0.3 is 0 Å². The quantitative estimate of drug-likeness (QED) is 0.878. The average molecular weight is 290 g/mol. The van der Waals surface area contributed by atoms with Crippen molar-refractivity contribution >= 4 is 28.7 Å². The van der Waals surface area contributed by atoms with Crippen LogP contribution >= 0.6 is 11.8 Å². The van der Waals surface area contributed by atoms with Crippen molar-refractivity contribution in [2.45, 2.75) is 12.5 Å². The van der Waals surface area contributed by atoms with Gasteiger partial charge in [0.15, 0.2) is 0 Å². The van der Waals surface area contributed by atoms with Crippen LogP contribution in [0.3, 0.4) is 0 Å². The summed E-state index contributed by atoms with van der Waals surface area (Å²) in [5, 5.41) is 6.14. The number of imidazole rings is 1. The minimum atomic E-state index is -0.0413. The van der Waals surface area contributed by atoms with Crippen LogP contribution in [0.2, 0.25) is 0 Å². The molecule has 0 radical (unpaired) electrons. The third kappa shape index (κ3) is 2.66. The summed E-state index contributed by atoms with van der Waals surface area (Å²) >= 11 is 1.76. The van der Waals surface area contributed by atoms with Gasteiger partial charge in [0.2, 0.25) is 5.91 Å². The van der Waals surface area contributed by atoms with E-state index in [1.54, 1.807) is 11.8 Å². The molecule has 1 aromatic carbocycles. The lowest BCUT2D eigenvalue weighted by atomic mass is 10.3. The first-order valence-electron chi connectivity index (χ1n) is 6.75. The molecular formula is C14H18N4OS. The number of hydrogen-bond acceptors (Lipinski definition) is 4. The minimum Gasteiger partial charge on any atom is -0.354 e. The summed E-state index contributed by atoms with van der Waals surface area (Å²) in [6.45, 7) is 0.624. The number of rotatable bonds is 4. The van der Waals surface area contributed by atoms with E-state index in [9.17, 15) is 4.79 Å². The van der Waals surface area contributed by atoms with E-state index in [2.05, 4.69) is 26.3 Å². The van der Waals surface area contributed by atoms with E-state index >= 15 is 0 Å². The normalized spacial score (nSPS) is 18.6. The number of para-hydroxylation sites is 2. The van der Waals surface area contributed by atoms with E-state index in [4.69, 9.17) is 0 Å². The number of thioether (sulfide) groups is 1. The Bertz CT molecular complexity index is 619. The van der Waals surface area contributed by atoms with Gasteiger partial charge < -0.3 is 9.88 Å². The molecule has 20 heavy (non-hydrogen) atoms. The van der Waals surface area contributed by atoms with Crippen LogP contribution in [0.5, 0.6) is 0 Å².